The van der Waals surface area contributed by atoms with E-state index in [1.807, 2.05) is 0 Å². The monoisotopic (exact) mass is 201 g/mol. The average molecular weight is 201 g/mol. The molecule has 0 fully saturated rings. The molecule has 0 atom stereocenters. The van der Waals surface area contributed by atoms with Crippen LogP contribution in [-0.4, -0.2) is 23.8 Å². The van der Waals surface area contributed by atoms with Crippen molar-refractivity contribution in [3.05, 3.63) is 24.0 Å². The number of carbonyl (C=O) groups excluding carboxylic acids is 1. The third kappa shape index (κ3) is 2.48. The van der Waals surface area contributed by atoms with Gasteiger partial charge in [-0.3, -0.25) is 9.78 Å². The third-order valence-corrected chi connectivity index (χ3v) is 1.51. The Hall–Kier alpha value is -1.52. The number of hydrogen-bond acceptors (Lipinski definition) is 3. The Kier molecular flexibility index (Phi) is 3.50. The Labute approximate surface area is 79.7 Å². The van der Waals surface area contributed by atoms with Crippen LogP contribution in [0.3, 0.4) is 0 Å². The quantitative estimate of drug-likeness (QED) is 0.698. The number of pyridine rings is 1. The first-order chi connectivity index (χ1) is 6.65. The summed E-state index contributed by atoms with van der Waals surface area (Å²) in [5.41, 5.74) is -0.133. The Morgan fingerprint density at radius 1 is 1.57 bits per heavy atom. The predicted octanol–water partition coefficient (Wildman–Crippen LogP) is 1.93. The second kappa shape index (κ2) is 4.64. The number of nitrogens with zero attached hydrogens (tertiary/aromatic N) is 1. The molecule has 0 aliphatic heterocycles. The summed E-state index contributed by atoms with van der Waals surface area (Å²) in [5, 5.41) is 0. The molecular formula is C9H9F2NO2. The SMILES string of the molecule is CCOc1cncc(C(=O)C(F)F)c1. The molecule has 0 N–H and O–H groups in total. The largest absolute Gasteiger partial charge is 0.492 e. The number of rotatable bonds is 4. The van der Waals surface area contributed by atoms with Crippen molar-refractivity contribution in [1.29, 1.82) is 0 Å². The zero-order valence-electron chi connectivity index (χ0n) is 7.54. The number of aromatic nitrogens is 1. The van der Waals surface area contributed by atoms with E-state index in [1.165, 1.54) is 12.3 Å². The highest BCUT2D eigenvalue weighted by Crippen LogP contribution is 2.14. The number of alkyl halides is 2. The molecule has 0 unspecified atom stereocenters. The normalized spacial score (nSPS) is 10.3. The number of ether oxygens (including phenoxy) is 1. The first kappa shape index (κ1) is 10.6. The summed E-state index contributed by atoms with van der Waals surface area (Å²) < 4.78 is 29.0. The highest BCUT2D eigenvalue weighted by atomic mass is 19.3. The van der Waals surface area contributed by atoms with Crippen molar-refractivity contribution in [3.8, 4) is 5.75 Å². The topological polar surface area (TPSA) is 39.2 Å². The highest BCUT2D eigenvalue weighted by molar-refractivity contribution is 5.98. The molecule has 76 valence electrons. The number of Topliss-reactive ketones (excluding diaryl/α,β-unsaturated/α-hetero) is 1. The van der Waals surface area contributed by atoms with Gasteiger partial charge in [-0.05, 0) is 13.0 Å². The highest BCUT2D eigenvalue weighted by Gasteiger charge is 2.18. The minimum Gasteiger partial charge on any atom is -0.492 e. The first-order valence-electron chi connectivity index (χ1n) is 4.05. The zero-order chi connectivity index (χ0) is 10.6. The van der Waals surface area contributed by atoms with Crippen LogP contribution in [0, 0.1) is 0 Å². The van der Waals surface area contributed by atoms with Gasteiger partial charge in [-0.1, -0.05) is 0 Å². The fraction of sp³-hybridized carbons (Fsp3) is 0.333. The van der Waals surface area contributed by atoms with Crippen LogP contribution in [0.25, 0.3) is 0 Å². The molecule has 1 aromatic rings. The summed E-state index contributed by atoms with van der Waals surface area (Å²) in [4.78, 5) is 14.5. The van der Waals surface area contributed by atoms with Crippen LogP contribution in [0.2, 0.25) is 0 Å². The van der Waals surface area contributed by atoms with E-state index in [0.717, 1.165) is 6.20 Å². The standard InChI is InChI=1S/C9H9F2NO2/c1-2-14-7-3-6(4-12-5-7)8(13)9(10)11/h3-5,9H,2H2,1H3. The average Bonchev–Trinajstić information content (AvgIpc) is 2.17. The first-order valence-corrected chi connectivity index (χ1v) is 4.05. The molecule has 1 rings (SSSR count). The lowest BCUT2D eigenvalue weighted by atomic mass is 10.2. The molecule has 0 saturated carbocycles. The van der Waals surface area contributed by atoms with Crippen molar-refractivity contribution < 1.29 is 18.3 Å². The summed E-state index contributed by atoms with van der Waals surface area (Å²) >= 11 is 0. The van der Waals surface area contributed by atoms with E-state index in [1.54, 1.807) is 6.92 Å². The molecule has 0 bridgehead atoms. The molecule has 1 heterocycles. The number of ketones is 1. The van der Waals surface area contributed by atoms with E-state index in [2.05, 4.69) is 4.98 Å². The van der Waals surface area contributed by atoms with Crippen LogP contribution in [0.1, 0.15) is 17.3 Å². The summed E-state index contributed by atoms with van der Waals surface area (Å²) in [6, 6.07) is 1.25. The van der Waals surface area contributed by atoms with Crippen LogP contribution in [0.4, 0.5) is 8.78 Å². The van der Waals surface area contributed by atoms with Crippen LogP contribution in [0.5, 0.6) is 5.75 Å². The molecule has 0 spiro atoms. The van der Waals surface area contributed by atoms with E-state index < -0.39 is 12.2 Å². The second-order valence-corrected chi connectivity index (χ2v) is 2.51. The smallest absolute Gasteiger partial charge is 0.300 e. The van der Waals surface area contributed by atoms with Crippen molar-refractivity contribution >= 4 is 5.78 Å². The van der Waals surface area contributed by atoms with E-state index in [4.69, 9.17) is 4.74 Å². The molecule has 0 aromatic carbocycles. The Bertz CT molecular complexity index is 328. The maximum absolute atomic E-state index is 12.0. The van der Waals surface area contributed by atoms with Crippen LogP contribution >= 0.6 is 0 Å². The van der Waals surface area contributed by atoms with Gasteiger partial charge in [0.15, 0.2) is 0 Å². The van der Waals surface area contributed by atoms with Gasteiger partial charge in [0.2, 0.25) is 5.78 Å². The van der Waals surface area contributed by atoms with Gasteiger partial charge in [0.25, 0.3) is 0 Å². The van der Waals surface area contributed by atoms with Crippen molar-refractivity contribution in [2.75, 3.05) is 6.61 Å². The van der Waals surface area contributed by atoms with Crippen LogP contribution in [0.15, 0.2) is 18.5 Å². The lowest BCUT2D eigenvalue weighted by Crippen LogP contribution is -2.10. The van der Waals surface area contributed by atoms with Gasteiger partial charge >= 0.3 is 6.43 Å². The van der Waals surface area contributed by atoms with Crippen LogP contribution < -0.4 is 4.74 Å². The fourth-order valence-electron chi connectivity index (χ4n) is 0.925. The van der Waals surface area contributed by atoms with Gasteiger partial charge in [0.1, 0.15) is 5.75 Å². The Morgan fingerprint density at radius 2 is 2.29 bits per heavy atom. The number of hydrogen-bond donors (Lipinski definition) is 0. The lowest BCUT2D eigenvalue weighted by molar-refractivity contribution is 0.0678. The molecule has 5 heteroatoms. The maximum atomic E-state index is 12.0. The second-order valence-electron chi connectivity index (χ2n) is 2.51. The van der Waals surface area contributed by atoms with Gasteiger partial charge in [-0.25, -0.2) is 8.78 Å². The zero-order valence-corrected chi connectivity index (χ0v) is 7.54. The number of halogens is 2. The van der Waals surface area contributed by atoms with Crippen molar-refractivity contribution in [2.45, 2.75) is 13.3 Å². The summed E-state index contributed by atoms with van der Waals surface area (Å²) in [7, 11) is 0. The fourth-order valence-corrected chi connectivity index (χ4v) is 0.925. The molecular weight excluding hydrogens is 192 g/mol. The van der Waals surface area contributed by atoms with Gasteiger partial charge in [0, 0.05) is 11.8 Å². The van der Waals surface area contributed by atoms with Crippen LogP contribution in [-0.2, 0) is 0 Å². The molecule has 3 nitrogen and oxygen atoms in total. The summed E-state index contributed by atoms with van der Waals surface area (Å²) in [6.45, 7) is 2.15. The van der Waals surface area contributed by atoms with Crippen molar-refractivity contribution in [2.24, 2.45) is 0 Å². The van der Waals surface area contributed by atoms with E-state index in [0.29, 0.717) is 12.4 Å². The minimum atomic E-state index is -3.01. The molecule has 1 aromatic heterocycles. The van der Waals surface area contributed by atoms with Crippen molar-refractivity contribution in [1.82, 2.24) is 4.98 Å². The molecule has 0 saturated heterocycles. The lowest BCUT2D eigenvalue weighted by Gasteiger charge is -2.03. The van der Waals surface area contributed by atoms with E-state index >= 15 is 0 Å². The summed E-state index contributed by atoms with van der Waals surface area (Å²) in [5.74, 6) is -0.918. The van der Waals surface area contributed by atoms with Gasteiger partial charge in [-0.15, -0.1) is 0 Å². The third-order valence-electron chi connectivity index (χ3n) is 1.51. The molecule has 0 radical (unpaired) electrons. The molecule has 0 aliphatic rings. The predicted molar refractivity (Wildman–Crippen MR) is 45.7 cm³/mol. The Balaban J connectivity index is 2.88. The van der Waals surface area contributed by atoms with Crippen molar-refractivity contribution in [3.63, 3.8) is 0 Å². The molecule has 0 aliphatic carbocycles. The van der Waals surface area contributed by atoms with Gasteiger partial charge in [-0.2, -0.15) is 0 Å². The number of carbonyl (C=O) groups is 1. The van der Waals surface area contributed by atoms with Gasteiger partial charge < -0.3 is 4.74 Å². The Morgan fingerprint density at radius 3 is 2.86 bits per heavy atom. The van der Waals surface area contributed by atoms with Gasteiger partial charge in [0.05, 0.1) is 12.8 Å². The molecule has 0 amide bonds. The molecule has 14 heavy (non-hydrogen) atoms. The van der Waals surface area contributed by atoms with E-state index in [9.17, 15) is 13.6 Å². The summed E-state index contributed by atoms with van der Waals surface area (Å²) in [6.07, 6.45) is -0.545. The minimum absolute atomic E-state index is 0.133. The van der Waals surface area contributed by atoms with E-state index in [-0.39, 0.29) is 5.56 Å². The maximum Gasteiger partial charge on any atom is 0.300 e.